The van der Waals surface area contributed by atoms with Crippen molar-refractivity contribution >= 4 is 34.1 Å². The first-order valence-electron chi connectivity index (χ1n) is 12.5. The standard InChI is InChI=1S/C30H29N3O4S/c1-5-32(6-2)29(36)25-18(3)31-30-33(28(35)24(38-30)17-19-10-9-12-21(34)16-19)27(25)26-22-13-8-7-11-20(22)14-15-23(26)37-4/h7-17,27,34H,5-6H2,1-4H3/b24-17+/t27-/m1/s1. The summed E-state index contributed by atoms with van der Waals surface area (Å²) < 4.78 is 7.91. The third kappa shape index (κ3) is 4.31. The maximum Gasteiger partial charge on any atom is 0.271 e. The summed E-state index contributed by atoms with van der Waals surface area (Å²) >= 11 is 1.26. The number of methoxy groups -OCH3 is 1. The molecule has 1 aliphatic rings. The van der Waals surface area contributed by atoms with Gasteiger partial charge >= 0.3 is 0 Å². The fraction of sp³-hybridized carbons (Fsp3) is 0.233. The Hall–Kier alpha value is -4.17. The Balaban J connectivity index is 1.86. The number of fused-ring (bicyclic) bond motifs is 2. The average Bonchev–Trinajstić information content (AvgIpc) is 3.21. The van der Waals surface area contributed by atoms with Gasteiger partial charge in [-0.3, -0.25) is 14.2 Å². The first kappa shape index (κ1) is 25.5. The van der Waals surface area contributed by atoms with Crippen LogP contribution in [0.4, 0.5) is 0 Å². The second-order valence-corrected chi connectivity index (χ2v) is 10.1. The predicted octanol–water partition coefficient (Wildman–Crippen LogP) is 3.97. The Bertz CT molecular complexity index is 1760. The first-order valence-corrected chi connectivity index (χ1v) is 13.4. The number of carbonyl (C=O) groups is 1. The molecule has 1 atom stereocenters. The first-order chi connectivity index (χ1) is 18.4. The number of phenols is 1. The van der Waals surface area contributed by atoms with E-state index in [1.165, 1.54) is 11.3 Å². The molecular formula is C30H29N3O4S. The van der Waals surface area contributed by atoms with Gasteiger partial charge in [0, 0.05) is 18.7 Å². The SMILES string of the molecule is CCN(CC)C(=O)C1=C(C)N=c2s/c(=C/c3cccc(O)c3)c(=O)n2[C@H]1c1c(OC)ccc2ccccc12. The van der Waals surface area contributed by atoms with E-state index in [9.17, 15) is 14.7 Å². The molecule has 0 radical (unpaired) electrons. The number of rotatable bonds is 6. The molecule has 1 aliphatic heterocycles. The molecule has 7 nitrogen and oxygen atoms in total. The van der Waals surface area contributed by atoms with E-state index in [1.54, 1.807) is 40.9 Å². The number of thiazole rings is 1. The second kappa shape index (κ2) is 10.3. The number of phenolic OH excluding ortho intramolecular Hbond substituents is 1. The fourth-order valence-corrected chi connectivity index (χ4v) is 6.10. The Morgan fingerprint density at radius 2 is 1.89 bits per heavy atom. The highest BCUT2D eigenvalue weighted by atomic mass is 32.1. The Kier molecular flexibility index (Phi) is 6.91. The highest BCUT2D eigenvalue weighted by Gasteiger charge is 2.36. The number of benzene rings is 3. The molecular weight excluding hydrogens is 498 g/mol. The third-order valence-corrected chi connectivity index (χ3v) is 7.88. The summed E-state index contributed by atoms with van der Waals surface area (Å²) in [6, 6.07) is 17.8. The van der Waals surface area contributed by atoms with Gasteiger partial charge in [0.25, 0.3) is 11.5 Å². The molecule has 1 aromatic heterocycles. The number of allylic oxidation sites excluding steroid dienone is 1. The lowest BCUT2D eigenvalue weighted by atomic mass is 9.90. The topological polar surface area (TPSA) is 84.1 Å². The molecule has 0 aliphatic carbocycles. The Labute approximate surface area is 224 Å². The predicted molar refractivity (Wildman–Crippen MR) is 150 cm³/mol. The van der Waals surface area contributed by atoms with Crippen LogP contribution in [0, 0.1) is 0 Å². The Morgan fingerprint density at radius 1 is 1.13 bits per heavy atom. The van der Waals surface area contributed by atoms with E-state index in [4.69, 9.17) is 9.73 Å². The average molecular weight is 528 g/mol. The van der Waals surface area contributed by atoms with Crippen molar-refractivity contribution < 1.29 is 14.6 Å². The van der Waals surface area contributed by atoms with Crippen LogP contribution in [0.5, 0.6) is 11.5 Å². The lowest BCUT2D eigenvalue weighted by molar-refractivity contribution is -0.127. The zero-order valence-electron chi connectivity index (χ0n) is 21.8. The molecule has 3 aromatic carbocycles. The van der Waals surface area contributed by atoms with Crippen LogP contribution in [0.25, 0.3) is 16.8 Å². The van der Waals surface area contributed by atoms with Gasteiger partial charge in [0.15, 0.2) is 4.80 Å². The normalized spacial score (nSPS) is 15.4. The van der Waals surface area contributed by atoms with Crippen molar-refractivity contribution in [3.8, 4) is 11.5 Å². The van der Waals surface area contributed by atoms with Crippen molar-refractivity contribution in [2.75, 3.05) is 20.2 Å². The molecule has 0 saturated heterocycles. The zero-order valence-corrected chi connectivity index (χ0v) is 22.6. The van der Waals surface area contributed by atoms with E-state index in [0.717, 1.165) is 16.3 Å². The smallest absolute Gasteiger partial charge is 0.271 e. The minimum Gasteiger partial charge on any atom is -0.508 e. The van der Waals surface area contributed by atoms with Crippen LogP contribution in [0.2, 0.25) is 0 Å². The molecule has 0 saturated carbocycles. The van der Waals surface area contributed by atoms with Gasteiger partial charge < -0.3 is 14.7 Å². The van der Waals surface area contributed by atoms with Crippen LogP contribution in [0.3, 0.4) is 0 Å². The monoisotopic (exact) mass is 527 g/mol. The number of hydrogen-bond donors (Lipinski definition) is 1. The number of likely N-dealkylation sites (N-methyl/N-ethyl adjacent to an activating group) is 1. The van der Waals surface area contributed by atoms with Crippen LogP contribution in [0.1, 0.15) is 37.9 Å². The summed E-state index contributed by atoms with van der Waals surface area (Å²) in [5.74, 6) is 0.558. The molecule has 5 rings (SSSR count). The maximum atomic E-state index is 14.0. The maximum absolute atomic E-state index is 14.0. The van der Waals surface area contributed by atoms with Crippen molar-refractivity contribution in [1.29, 1.82) is 0 Å². The van der Waals surface area contributed by atoms with Gasteiger partial charge in [-0.15, -0.1) is 0 Å². The summed E-state index contributed by atoms with van der Waals surface area (Å²) in [7, 11) is 1.60. The summed E-state index contributed by atoms with van der Waals surface area (Å²) in [5, 5.41) is 11.8. The highest BCUT2D eigenvalue weighted by molar-refractivity contribution is 7.07. The fourth-order valence-electron chi connectivity index (χ4n) is 5.05. The van der Waals surface area contributed by atoms with Crippen molar-refractivity contribution in [1.82, 2.24) is 9.47 Å². The van der Waals surface area contributed by atoms with Crippen molar-refractivity contribution in [3.05, 3.63) is 103 Å². The molecule has 194 valence electrons. The van der Waals surface area contributed by atoms with Crippen LogP contribution in [0.15, 0.2) is 81.7 Å². The van der Waals surface area contributed by atoms with Crippen molar-refractivity contribution in [2.24, 2.45) is 4.99 Å². The lowest BCUT2D eigenvalue weighted by Crippen LogP contribution is -2.43. The summed E-state index contributed by atoms with van der Waals surface area (Å²) in [6.07, 6.45) is 1.74. The number of aromatic nitrogens is 1. The molecule has 0 spiro atoms. The van der Waals surface area contributed by atoms with E-state index >= 15 is 0 Å². The van der Waals surface area contributed by atoms with Crippen LogP contribution in [-0.4, -0.2) is 40.7 Å². The van der Waals surface area contributed by atoms with Crippen molar-refractivity contribution in [2.45, 2.75) is 26.8 Å². The zero-order chi connectivity index (χ0) is 27.0. The van der Waals surface area contributed by atoms with E-state index in [0.29, 0.717) is 45.0 Å². The molecule has 0 bridgehead atoms. The molecule has 0 fully saturated rings. The van der Waals surface area contributed by atoms with Gasteiger partial charge in [-0.1, -0.05) is 53.8 Å². The van der Waals surface area contributed by atoms with Gasteiger partial charge in [0.1, 0.15) is 17.5 Å². The largest absolute Gasteiger partial charge is 0.508 e. The van der Waals surface area contributed by atoms with E-state index in [-0.39, 0.29) is 17.2 Å². The second-order valence-electron chi connectivity index (χ2n) is 9.06. The summed E-state index contributed by atoms with van der Waals surface area (Å²) in [6.45, 7) is 6.78. The van der Waals surface area contributed by atoms with Crippen LogP contribution >= 0.6 is 11.3 Å². The summed E-state index contributed by atoms with van der Waals surface area (Å²) in [4.78, 5) is 35.0. The minimum absolute atomic E-state index is 0.118. The molecule has 1 amide bonds. The van der Waals surface area contributed by atoms with Gasteiger partial charge in [0.2, 0.25) is 0 Å². The van der Waals surface area contributed by atoms with Gasteiger partial charge in [-0.25, -0.2) is 4.99 Å². The molecule has 4 aromatic rings. The minimum atomic E-state index is -0.730. The van der Waals surface area contributed by atoms with E-state index in [1.807, 2.05) is 63.2 Å². The molecule has 2 heterocycles. The number of nitrogens with zero attached hydrogens (tertiary/aromatic N) is 3. The number of amides is 1. The van der Waals surface area contributed by atoms with Crippen molar-refractivity contribution in [3.63, 3.8) is 0 Å². The lowest BCUT2D eigenvalue weighted by Gasteiger charge is -2.30. The quantitative estimate of drug-likeness (QED) is 0.411. The highest BCUT2D eigenvalue weighted by Crippen LogP contribution is 2.40. The number of hydrogen-bond acceptors (Lipinski definition) is 6. The van der Waals surface area contributed by atoms with Crippen LogP contribution in [-0.2, 0) is 4.79 Å². The molecule has 38 heavy (non-hydrogen) atoms. The number of aromatic hydroxyl groups is 1. The molecule has 0 unspecified atom stereocenters. The van der Waals surface area contributed by atoms with Gasteiger partial charge in [0.05, 0.1) is 22.9 Å². The molecule has 8 heteroatoms. The number of carbonyl (C=O) groups excluding carboxylic acids is 1. The number of ether oxygens (including phenoxy) is 1. The van der Waals surface area contributed by atoms with E-state index in [2.05, 4.69) is 0 Å². The summed E-state index contributed by atoms with van der Waals surface area (Å²) in [5.41, 5.74) is 2.23. The van der Waals surface area contributed by atoms with Gasteiger partial charge in [-0.05, 0) is 61.4 Å². The Morgan fingerprint density at radius 3 is 2.61 bits per heavy atom. The molecule has 1 N–H and O–H groups in total. The van der Waals surface area contributed by atoms with Gasteiger partial charge in [-0.2, -0.15) is 0 Å². The van der Waals surface area contributed by atoms with E-state index < -0.39 is 6.04 Å². The third-order valence-electron chi connectivity index (χ3n) is 6.89. The van der Waals surface area contributed by atoms with Crippen LogP contribution < -0.4 is 19.6 Å².